The summed E-state index contributed by atoms with van der Waals surface area (Å²) in [6.07, 6.45) is 1.04. The van der Waals surface area contributed by atoms with Crippen LogP contribution in [0.1, 0.15) is 25.8 Å². The van der Waals surface area contributed by atoms with E-state index < -0.39 is 5.60 Å². The number of nitrogens with one attached hydrogen (secondary N) is 1. The van der Waals surface area contributed by atoms with Crippen LogP contribution in [0.5, 0.6) is 5.75 Å². The highest BCUT2D eigenvalue weighted by molar-refractivity contribution is 6.32. The third kappa shape index (κ3) is 3.87. The largest absolute Gasteiger partial charge is 0.495 e. The van der Waals surface area contributed by atoms with Gasteiger partial charge >= 0.3 is 0 Å². The number of ether oxygens (including phenoxy) is 1. The van der Waals surface area contributed by atoms with Crippen molar-refractivity contribution < 1.29 is 9.84 Å². The van der Waals surface area contributed by atoms with E-state index in [-0.39, 0.29) is 0 Å². The highest BCUT2D eigenvalue weighted by Gasteiger charge is 2.23. The van der Waals surface area contributed by atoms with Gasteiger partial charge in [-0.05, 0) is 37.6 Å². The summed E-state index contributed by atoms with van der Waals surface area (Å²) in [5.41, 5.74) is -0.130. The molecule has 0 aliphatic carbocycles. The van der Waals surface area contributed by atoms with Crippen LogP contribution in [0.4, 0.5) is 0 Å². The van der Waals surface area contributed by atoms with Gasteiger partial charge in [0.05, 0.1) is 17.7 Å². The lowest BCUT2D eigenvalue weighted by Gasteiger charge is -2.25. The second-order valence-electron chi connectivity index (χ2n) is 4.30. The Kier molecular flexibility index (Phi) is 5.25. The smallest absolute Gasteiger partial charge is 0.137 e. The highest BCUT2D eigenvalue weighted by Crippen LogP contribution is 2.30. The van der Waals surface area contributed by atoms with E-state index in [1.165, 1.54) is 0 Å². The topological polar surface area (TPSA) is 41.5 Å². The number of aliphatic hydroxyl groups is 1. The Morgan fingerprint density at radius 2 is 2.18 bits per heavy atom. The van der Waals surface area contributed by atoms with E-state index in [4.69, 9.17) is 16.3 Å². The Morgan fingerprint density at radius 1 is 1.47 bits per heavy atom. The molecule has 1 aromatic rings. The first kappa shape index (κ1) is 14.3. The zero-order valence-corrected chi connectivity index (χ0v) is 11.3. The van der Waals surface area contributed by atoms with Crippen molar-refractivity contribution in [1.29, 1.82) is 0 Å². The molecule has 0 radical (unpaired) electrons. The molecule has 0 amide bonds. The van der Waals surface area contributed by atoms with Gasteiger partial charge < -0.3 is 15.2 Å². The predicted octanol–water partition coefficient (Wildman–Crippen LogP) is 2.56. The Balaban J connectivity index is 2.82. The van der Waals surface area contributed by atoms with Crippen molar-refractivity contribution in [2.24, 2.45) is 0 Å². The van der Waals surface area contributed by atoms with Gasteiger partial charge in [0.1, 0.15) is 5.75 Å². The zero-order valence-electron chi connectivity index (χ0n) is 10.6. The normalized spacial score (nSPS) is 14.4. The number of methoxy groups -OCH3 is 1. The molecule has 0 spiro atoms. The average Bonchev–Trinajstić information content (AvgIpc) is 2.29. The molecule has 0 heterocycles. The number of halogens is 1. The molecule has 96 valence electrons. The van der Waals surface area contributed by atoms with Gasteiger partial charge in [-0.25, -0.2) is 0 Å². The Morgan fingerprint density at radius 3 is 2.76 bits per heavy atom. The molecule has 0 aliphatic rings. The summed E-state index contributed by atoms with van der Waals surface area (Å²) in [4.78, 5) is 0. The van der Waals surface area contributed by atoms with E-state index in [9.17, 15) is 5.11 Å². The van der Waals surface area contributed by atoms with Gasteiger partial charge in [-0.1, -0.05) is 24.6 Å². The summed E-state index contributed by atoms with van der Waals surface area (Å²) in [6, 6.07) is 5.33. The molecule has 1 atom stereocenters. The van der Waals surface area contributed by atoms with Crippen molar-refractivity contribution in [2.45, 2.75) is 25.9 Å². The minimum atomic E-state index is -0.924. The lowest BCUT2D eigenvalue weighted by molar-refractivity contribution is 0.0570. The van der Waals surface area contributed by atoms with Gasteiger partial charge in [0.15, 0.2) is 0 Å². The van der Waals surface area contributed by atoms with Crippen molar-refractivity contribution in [3.63, 3.8) is 0 Å². The molecule has 17 heavy (non-hydrogen) atoms. The fraction of sp³-hybridized carbons (Fsp3) is 0.538. The van der Waals surface area contributed by atoms with Crippen LogP contribution < -0.4 is 10.1 Å². The first-order chi connectivity index (χ1) is 8.01. The zero-order chi connectivity index (χ0) is 12.9. The standard InChI is InChI=1S/C13H20ClNO2/c1-4-7-15-9-13(2,16)10-5-6-11(14)12(8-10)17-3/h5-6,8,15-16H,4,7,9H2,1-3H3. The van der Waals surface area contributed by atoms with Crippen LogP contribution in [-0.2, 0) is 5.60 Å². The van der Waals surface area contributed by atoms with Crippen LogP contribution in [-0.4, -0.2) is 25.3 Å². The van der Waals surface area contributed by atoms with Gasteiger partial charge in [0, 0.05) is 6.54 Å². The molecule has 1 aromatic carbocycles. The third-order valence-corrected chi connectivity index (χ3v) is 2.98. The van der Waals surface area contributed by atoms with E-state index in [0.717, 1.165) is 18.5 Å². The van der Waals surface area contributed by atoms with Gasteiger partial charge in [-0.2, -0.15) is 0 Å². The summed E-state index contributed by atoms with van der Waals surface area (Å²) in [5.74, 6) is 0.583. The van der Waals surface area contributed by atoms with Crippen molar-refractivity contribution in [3.8, 4) is 5.75 Å². The fourth-order valence-corrected chi connectivity index (χ4v) is 1.80. The van der Waals surface area contributed by atoms with Crippen molar-refractivity contribution in [2.75, 3.05) is 20.2 Å². The Bertz CT molecular complexity index is 366. The first-order valence-corrected chi connectivity index (χ1v) is 6.16. The highest BCUT2D eigenvalue weighted by atomic mass is 35.5. The van der Waals surface area contributed by atoms with Gasteiger partial charge in [-0.3, -0.25) is 0 Å². The predicted molar refractivity (Wildman–Crippen MR) is 70.7 cm³/mol. The lowest BCUT2D eigenvalue weighted by atomic mass is 9.96. The molecule has 0 saturated heterocycles. The summed E-state index contributed by atoms with van der Waals surface area (Å²) in [6.45, 7) is 5.26. The molecule has 0 aromatic heterocycles. The molecule has 0 aliphatic heterocycles. The molecule has 0 saturated carbocycles. The maximum Gasteiger partial charge on any atom is 0.137 e. The molecular formula is C13H20ClNO2. The molecule has 2 N–H and O–H groups in total. The Labute approximate surface area is 108 Å². The van der Waals surface area contributed by atoms with Crippen LogP contribution >= 0.6 is 11.6 Å². The molecule has 3 nitrogen and oxygen atoms in total. The quantitative estimate of drug-likeness (QED) is 0.770. The lowest BCUT2D eigenvalue weighted by Crippen LogP contribution is -2.35. The molecule has 1 rings (SSSR count). The summed E-state index contributed by atoms with van der Waals surface area (Å²) >= 11 is 5.95. The second-order valence-corrected chi connectivity index (χ2v) is 4.71. The molecular weight excluding hydrogens is 238 g/mol. The third-order valence-electron chi connectivity index (χ3n) is 2.67. The number of hydrogen-bond acceptors (Lipinski definition) is 3. The minimum Gasteiger partial charge on any atom is -0.495 e. The second kappa shape index (κ2) is 6.24. The van der Waals surface area contributed by atoms with E-state index in [2.05, 4.69) is 12.2 Å². The minimum absolute atomic E-state index is 0.506. The molecule has 4 heteroatoms. The fourth-order valence-electron chi connectivity index (χ4n) is 1.61. The van der Waals surface area contributed by atoms with Crippen molar-refractivity contribution in [3.05, 3.63) is 28.8 Å². The van der Waals surface area contributed by atoms with Crippen LogP contribution in [0.25, 0.3) is 0 Å². The molecule has 0 fully saturated rings. The number of hydrogen-bond donors (Lipinski definition) is 2. The van der Waals surface area contributed by atoms with Gasteiger partial charge in [-0.15, -0.1) is 0 Å². The summed E-state index contributed by atoms with van der Waals surface area (Å²) < 4.78 is 5.14. The van der Waals surface area contributed by atoms with Gasteiger partial charge in [0.2, 0.25) is 0 Å². The summed E-state index contributed by atoms with van der Waals surface area (Å²) in [5, 5.41) is 14.1. The van der Waals surface area contributed by atoms with Crippen LogP contribution in [0.15, 0.2) is 18.2 Å². The van der Waals surface area contributed by atoms with Crippen molar-refractivity contribution in [1.82, 2.24) is 5.32 Å². The van der Waals surface area contributed by atoms with E-state index in [0.29, 0.717) is 17.3 Å². The SMILES string of the molecule is CCCNCC(C)(O)c1ccc(Cl)c(OC)c1. The monoisotopic (exact) mass is 257 g/mol. The van der Waals surface area contributed by atoms with E-state index in [1.54, 1.807) is 26.2 Å². The Hall–Kier alpha value is -0.770. The van der Waals surface area contributed by atoms with Crippen molar-refractivity contribution >= 4 is 11.6 Å². The van der Waals surface area contributed by atoms with Gasteiger partial charge in [0.25, 0.3) is 0 Å². The molecule has 1 unspecified atom stereocenters. The van der Waals surface area contributed by atoms with Crippen LogP contribution in [0.2, 0.25) is 5.02 Å². The van der Waals surface area contributed by atoms with E-state index >= 15 is 0 Å². The van der Waals surface area contributed by atoms with Crippen LogP contribution in [0.3, 0.4) is 0 Å². The average molecular weight is 258 g/mol. The number of rotatable bonds is 6. The van der Waals surface area contributed by atoms with Crippen LogP contribution in [0, 0.1) is 0 Å². The maximum absolute atomic E-state index is 10.4. The first-order valence-electron chi connectivity index (χ1n) is 5.78. The van der Waals surface area contributed by atoms with E-state index in [1.807, 2.05) is 6.07 Å². The maximum atomic E-state index is 10.4. The number of benzene rings is 1. The summed E-state index contributed by atoms with van der Waals surface area (Å²) in [7, 11) is 1.56. The molecule has 0 bridgehead atoms.